The lowest BCUT2D eigenvalue weighted by Crippen LogP contribution is -2.45. The number of urea groups is 1. The van der Waals surface area contributed by atoms with Crippen molar-refractivity contribution in [1.82, 2.24) is 35.0 Å². The molecular weight excluding hydrogens is 342 g/mol. The molecule has 2 aromatic heterocycles. The Labute approximate surface area is 157 Å². The molecule has 1 aliphatic rings. The summed E-state index contributed by atoms with van der Waals surface area (Å²) in [5, 5.41) is 15.1. The van der Waals surface area contributed by atoms with E-state index in [1.807, 2.05) is 45.7 Å². The summed E-state index contributed by atoms with van der Waals surface area (Å²) >= 11 is 0. The zero-order valence-electron chi connectivity index (χ0n) is 15.3. The molecule has 3 aromatic rings. The molecule has 8 nitrogen and oxygen atoms in total. The minimum Gasteiger partial charge on any atom is -0.334 e. The number of aromatic nitrogens is 5. The molecule has 1 fully saturated rings. The van der Waals surface area contributed by atoms with Gasteiger partial charge in [0.1, 0.15) is 0 Å². The number of piperidine rings is 1. The highest BCUT2D eigenvalue weighted by atomic mass is 16.2. The summed E-state index contributed by atoms with van der Waals surface area (Å²) in [4.78, 5) is 14.4. The zero-order chi connectivity index (χ0) is 18.6. The van der Waals surface area contributed by atoms with Crippen molar-refractivity contribution in [2.75, 3.05) is 13.1 Å². The van der Waals surface area contributed by atoms with Gasteiger partial charge in [0.2, 0.25) is 0 Å². The van der Waals surface area contributed by atoms with Crippen LogP contribution in [0.2, 0.25) is 0 Å². The average molecular weight is 365 g/mol. The van der Waals surface area contributed by atoms with E-state index in [0.29, 0.717) is 13.1 Å². The molecule has 140 valence electrons. The molecule has 1 aromatic carbocycles. The number of rotatable bonds is 4. The molecule has 1 aliphatic heterocycles. The minimum absolute atomic E-state index is 0.0319. The first kappa shape index (κ1) is 17.3. The number of amides is 2. The van der Waals surface area contributed by atoms with Crippen LogP contribution in [-0.4, -0.2) is 48.8 Å². The highest BCUT2D eigenvalue weighted by Gasteiger charge is 2.25. The van der Waals surface area contributed by atoms with Gasteiger partial charge in [-0.3, -0.25) is 4.68 Å². The van der Waals surface area contributed by atoms with Gasteiger partial charge in [-0.25, -0.2) is 9.48 Å². The standard InChI is InChI=1S/C19H23N7O/c1-24-18(8-9-22-24)16-6-4-15(5-7-16)13-20-19(27)25-11-2-3-17(14-25)26-12-10-21-23-26/h4-10,12,17H,2-3,11,13-14H2,1H3,(H,20,27)/t17-/m1/s1. The summed E-state index contributed by atoms with van der Waals surface area (Å²) in [7, 11) is 1.93. The first-order valence-corrected chi connectivity index (χ1v) is 9.16. The summed E-state index contributed by atoms with van der Waals surface area (Å²) in [6, 6.07) is 10.3. The second kappa shape index (κ2) is 7.61. The smallest absolute Gasteiger partial charge is 0.317 e. The second-order valence-corrected chi connectivity index (χ2v) is 6.82. The van der Waals surface area contributed by atoms with Crippen molar-refractivity contribution in [1.29, 1.82) is 0 Å². The fraction of sp³-hybridized carbons (Fsp3) is 0.368. The van der Waals surface area contributed by atoms with Crippen LogP contribution in [-0.2, 0) is 13.6 Å². The third-order valence-electron chi connectivity index (χ3n) is 5.01. The van der Waals surface area contributed by atoms with Gasteiger partial charge in [-0.15, -0.1) is 5.10 Å². The highest BCUT2D eigenvalue weighted by molar-refractivity contribution is 5.74. The van der Waals surface area contributed by atoms with Crippen LogP contribution in [0.15, 0.2) is 48.9 Å². The minimum atomic E-state index is -0.0319. The fourth-order valence-electron chi connectivity index (χ4n) is 3.51. The van der Waals surface area contributed by atoms with E-state index in [9.17, 15) is 4.79 Å². The maximum atomic E-state index is 12.5. The van der Waals surface area contributed by atoms with Crippen molar-refractivity contribution in [3.8, 4) is 11.3 Å². The molecule has 1 atom stereocenters. The van der Waals surface area contributed by atoms with Crippen LogP contribution < -0.4 is 5.32 Å². The number of nitrogens with one attached hydrogen (secondary N) is 1. The Morgan fingerprint density at radius 2 is 2.07 bits per heavy atom. The van der Waals surface area contributed by atoms with E-state index in [2.05, 4.69) is 32.9 Å². The van der Waals surface area contributed by atoms with Crippen LogP contribution in [0.1, 0.15) is 24.4 Å². The first-order chi connectivity index (χ1) is 13.2. The van der Waals surface area contributed by atoms with Crippen molar-refractivity contribution in [3.63, 3.8) is 0 Å². The fourth-order valence-corrected chi connectivity index (χ4v) is 3.51. The molecule has 1 saturated heterocycles. The van der Waals surface area contributed by atoms with Gasteiger partial charge in [-0.2, -0.15) is 5.10 Å². The molecule has 3 heterocycles. The SMILES string of the molecule is Cn1nccc1-c1ccc(CNC(=O)N2CCC[C@@H](n3ccnn3)C2)cc1. The molecule has 0 bridgehead atoms. The number of aryl methyl sites for hydroxylation is 1. The molecule has 2 amide bonds. The Balaban J connectivity index is 1.33. The number of benzene rings is 1. The topological polar surface area (TPSA) is 80.9 Å². The maximum Gasteiger partial charge on any atom is 0.317 e. The zero-order valence-corrected chi connectivity index (χ0v) is 15.3. The third-order valence-corrected chi connectivity index (χ3v) is 5.01. The summed E-state index contributed by atoms with van der Waals surface area (Å²) in [6.07, 6.45) is 7.30. The van der Waals surface area contributed by atoms with Crippen LogP contribution in [0.25, 0.3) is 11.3 Å². The van der Waals surface area contributed by atoms with Gasteiger partial charge in [-0.1, -0.05) is 29.5 Å². The summed E-state index contributed by atoms with van der Waals surface area (Å²) in [5.74, 6) is 0. The Hall–Kier alpha value is -3.16. The summed E-state index contributed by atoms with van der Waals surface area (Å²) < 4.78 is 3.69. The number of hydrogen-bond acceptors (Lipinski definition) is 4. The lowest BCUT2D eigenvalue weighted by Gasteiger charge is -2.32. The van der Waals surface area contributed by atoms with Crippen molar-refractivity contribution < 1.29 is 4.79 Å². The predicted octanol–water partition coefficient (Wildman–Crippen LogP) is 2.23. The molecular formula is C19H23N7O. The number of carbonyl (C=O) groups is 1. The van der Waals surface area contributed by atoms with Crippen LogP contribution in [0.3, 0.4) is 0 Å². The molecule has 1 N–H and O–H groups in total. The van der Waals surface area contributed by atoms with Crippen LogP contribution in [0, 0.1) is 0 Å². The third kappa shape index (κ3) is 3.84. The Morgan fingerprint density at radius 1 is 1.22 bits per heavy atom. The molecule has 0 radical (unpaired) electrons. The largest absolute Gasteiger partial charge is 0.334 e. The Kier molecular flexibility index (Phi) is 4.86. The average Bonchev–Trinajstić information content (AvgIpc) is 3.38. The molecule has 0 spiro atoms. The van der Waals surface area contributed by atoms with Gasteiger partial charge in [0, 0.05) is 39.1 Å². The monoisotopic (exact) mass is 365 g/mol. The summed E-state index contributed by atoms with van der Waals surface area (Å²) in [5.41, 5.74) is 3.24. The van der Waals surface area contributed by atoms with Crippen LogP contribution in [0.4, 0.5) is 4.79 Å². The Morgan fingerprint density at radius 3 is 2.78 bits per heavy atom. The van der Waals surface area contributed by atoms with E-state index in [0.717, 1.165) is 36.2 Å². The van der Waals surface area contributed by atoms with Crippen LogP contribution in [0.5, 0.6) is 0 Å². The van der Waals surface area contributed by atoms with Gasteiger partial charge < -0.3 is 10.2 Å². The van der Waals surface area contributed by atoms with Gasteiger partial charge in [0.25, 0.3) is 0 Å². The number of nitrogens with zero attached hydrogens (tertiary/aromatic N) is 6. The van der Waals surface area contributed by atoms with Crippen LogP contribution >= 0.6 is 0 Å². The second-order valence-electron chi connectivity index (χ2n) is 6.82. The highest BCUT2D eigenvalue weighted by Crippen LogP contribution is 2.21. The molecule has 0 unspecified atom stereocenters. The summed E-state index contributed by atoms with van der Waals surface area (Å²) in [6.45, 7) is 1.94. The van der Waals surface area contributed by atoms with Crippen molar-refractivity contribution >= 4 is 6.03 Å². The maximum absolute atomic E-state index is 12.5. The van der Waals surface area contributed by atoms with Gasteiger partial charge in [0.15, 0.2) is 0 Å². The number of carbonyl (C=O) groups excluding carboxylic acids is 1. The lowest BCUT2D eigenvalue weighted by molar-refractivity contribution is 0.162. The predicted molar refractivity (Wildman–Crippen MR) is 101 cm³/mol. The molecule has 8 heteroatoms. The van der Waals surface area contributed by atoms with Crippen molar-refractivity contribution in [3.05, 3.63) is 54.5 Å². The van der Waals surface area contributed by atoms with E-state index in [-0.39, 0.29) is 12.1 Å². The molecule has 4 rings (SSSR count). The van der Waals surface area contributed by atoms with Crippen molar-refractivity contribution in [2.45, 2.75) is 25.4 Å². The quantitative estimate of drug-likeness (QED) is 0.769. The van der Waals surface area contributed by atoms with E-state index in [4.69, 9.17) is 0 Å². The van der Waals surface area contributed by atoms with E-state index < -0.39 is 0 Å². The van der Waals surface area contributed by atoms with Gasteiger partial charge in [-0.05, 0) is 30.0 Å². The van der Waals surface area contributed by atoms with E-state index >= 15 is 0 Å². The number of hydrogen-bond donors (Lipinski definition) is 1. The molecule has 0 saturated carbocycles. The van der Waals surface area contributed by atoms with Crippen molar-refractivity contribution in [2.24, 2.45) is 7.05 Å². The van der Waals surface area contributed by atoms with Gasteiger partial charge in [0.05, 0.1) is 17.9 Å². The Bertz CT molecular complexity index is 885. The normalized spacial score (nSPS) is 17.1. The van der Waals surface area contributed by atoms with Gasteiger partial charge >= 0.3 is 6.03 Å². The van der Waals surface area contributed by atoms with E-state index in [1.54, 1.807) is 12.4 Å². The van der Waals surface area contributed by atoms with E-state index in [1.165, 1.54) is 0 Å². The molecule has 27 heavy (non-hydrogen) atoms. The first-order valence-electron chi connectivity index (χ1n) is 9.16. The molecule has 0 aliphatic carbocycles. The number of likely N-dealkylation sites (tertiary alicyclic amines) is 1. The lowest BCUT2D eigenvalue weighted by atomic mass is 10.1.